The monoisotopic (exact) mass is 468 g/mol. The van der Waals surface area contributed by atoms with Gasteiger partial charge >= 0.3 is 0 Å². The zero-order valence-electron chi connectivity index (χ0n) is 19.8. The van der Waals surface area contributed by atoms with Gasteiger partial charge in [-0.15, -0.1) is 23.5 Å². The van der Waals surface area contributed by atoms with E-state index in [2.05, 4.69) is 61.7 Å². The van der Waals surface area contributed by atoms with Crippen LogP contribution in [0.4, 0.5) is 0 Å². The fourth-order valence-corrected chi connectivity index (χ4v) is 7.37. The average Bonchev–Trinajstić information content (AvgIpc) is 2.74. The summed E-state index contributed by atoms with van der Waals surface area (Å²) in [5.41, 5.74) is 4.29. The van der Waals surface area contributed by atoms with Crippen LogP contribution in [0.1, 0.15) is 56.4 Å². The minimum Gasteiger partial charge on any atom is -0.512 e. The van der Waals surface area contributed by atoms with Gasteiger partial charge in [0.2, 0.25) is 0 Å². The lowest BCUT2D eigenvalue weighted by atomic mass is 9.83. The maximum Gasteiger partial charge on any atom is 0.111 e. The molecule has 4 heteroatoms. The topological polar surface area (TPSA) is 40.5 Å². The van der Waals surface area contributed by atoms with Crippen molar-refractivity contribution in [1.29, 1.82) is 0 Å². The van der Waals surface area contributed by atoms with Gasteiger partial charge in [-0.3, -0.25) is 0 Å². The van der Waals surface area contributed by atoms with Crippen LogP contribution in [0.5, 0.6) is 0 Å². The zero-order valence-corrected chi connectivity index (χ0v) is 21.4. The highest BCUT2D eigenvalue weighted by Crippen LogP contribution is 2.55. The van der Waals surface area contributed by atoms with Crippen molar-refractivity contribution in [1.82, 2.24) is 0 Å². The molecule has 1 aliphatic heterocycles. The smallest absolute Gasteiger partial charge is 0.111 e. The third kappa shape index (κ3) is 5.40. The quantitative estimate of drug-likeness (QED) is 0.385. The van der Waals surface area contributed by atoms with Gasteiger partial charge in [0.1, 0.15) is 4.08 Å². The number of hydrogen-bond acceptors (Lipinski definition) is 4. The molecule has 0 saturated carbocycles. The Morgan fingerprint density at radius 3 is 1.59 bits per heavy atom. The molecule has 0 aromatic heterocycles. The van der Waals surface area contributed by atoms with E-state index in [4.69, 9.17) is 0 Å². The third-order valence-electron chi connectivity index (χ3n) is 6.37. The normalized spacial score (nSPS) is 16.5. The molecular weight excluding hydrogens is 432 g/mol. The van der Waals surface area contributed by atoms with Crippen molar-refractivity contribution < 1.29 is 10.2 Å². The van der Waals surface area contributed by atoms with E-state index < -0.39 is 0 Å². The summed E-state index contributed by atoms with van der Waals surface area (Å²) in [4.78, 5) is 0. The predicted octanol–water partition coefficient (Wildman–Crippen LogP) is 8.04. The van der Waals surface area contributed by atoms with Crippen LogP contribution < -0.4 is 0 Å². The number of aliphatic hydroxyl groups excluding tert-OH is 2. The van der Waals surface area contributed by atoms with E-state index in [0.29, 0.717) is 0 Å². The Balaban J connectivity index is 2.02. The van der Waals surface area contributed by atoms with Crippen LogP contribution in [0.3, 0.4) is 0 Å². The van der Waals surface area contributed by atoms with Gasteiger partial charge in [-0.05, 0) is 53.0 Å². The Hall–Kier alpha value is -1.78. The van der Waals surface area contributed by atoms with E-state index in [0.717, 1.165) is 24.3 Å². The summed E-state index contributed by atoms with van der Waals surface area (Å²) in [5, 5.41) is 20.0. The van der Waals surface area contributed by atoms with Gasteiger partial charge in [0.05, 0.1) is 11.5 Å². The molecule has 0 unspecified atom stereocenters. The molecule has 1 saturated heterocycles. The number of thioether (sulfide) groups is 2. The van der Waals surface area contributed by atoms with Crippen LogP contribution in [-0.2, 0) is 16.9 Å². The van der Waals surface area contributed by atoms with Gasteiger partial charge < -0.3 is 10.2 Å². The molecule has 2 N–H and O–H groups in total. The number of hydrogen-bond donors (Lipinski definition) is 2. The van der Waals surface area contributed by atoms with Crippen LogP contribution in [0.15, 0.2) is 73.2 Å². The van der Waals surface area contributed by atoms with Crippen LogP contribution >= 0.6 is 23.5 Å². The van der Waals surface area contributed by atoms with Crippen LogP contribution in [0.25, 0.3) is 0 Å². The van der Waals surface area contributed by atoms with E-state index in [1.807, 2.05) is 51.2 Å². The highest BCUT2D eigenvalue weighted by atomic mass is 32.2. The lowest BCUT2D eigenvalue weighted by Crippen LogP contribution is -2.25. The molecule has 0 atom stereocenters. The highest BCUT2D eigenvalue weighted by molar-refractivity contribution is 8.18. The highest BCUT2D eigenvalue weighted by Gasteiger charge is 2.38. The molecular formula is C28H36O2S2. The molecule has 32 heavy (non-hydrogen) atoms. The van der Waals surface area contributed by atoms with Gasteiger partial charge in [0.25, 0.3) is 0 Å². The van der Waals surface area contributed by atoms with Gasteiger partial charge in [-0.25, -0.2) is 0 Å². The third-order valence-corrected chi connectivity index (χ3v) is 9.82. The Bertz CT molecular complexity index is 911. The van der Waals surface area contributed by atoms with Crippen molar-refractivity contribution >= 4 is 23.5 Å². The molecule has 2 aromatic carbocycles. The molecule has 0 radical (unpaired) electrons. The molecule has 1 fully saturated rings. The summed E-state index contributed by atoms with van der Waals surface area (Å²) < 4.78 is -0.162. The van der Waals surface area contributed by atoms with Crippen molar-refractivity contribution in [3.8, 4) is 0 Å². The van der Waals surface area contributed by atoms with Crippen molar-refractivity contribution in [2.45, 2.75) is 51.0 Å². The molecule has 0 amide bonds. The van der Waals surface area contributed by atoms with Gasteiger partial charge in [-0.2, -0.15) is 0 Å². The van der Waals surface area contributed by atoms with Crippen molar-refractivity contribution in [3.05, 3.63) is 95.5 Å². The van der Waals surface area contributed by atoms with Crippen molar-refractivity contribution in [2.24, 2.45) is 10.8 Å². The molecule has 1 aliphatic rings. The summed E-state index contributed by atoms with van der Waals surface area (Å²) in [7, 11) is 0. The lowest BCUT2D eigenvalue weighted by molar-refractivity contribution is 0.259. The van der Waals surface area contributed by atoms with E-state index in [1.54, 1.807) is 0 Å². The lowest BCUT2D eigenvalue weighted by Gasteiger charge is -2.38. The average molecular weight is 469 g/mol. The Kier molecular flexibility index (Phi) is 7.46. The standard InChI is InChI=1S/C28H36O2S2/c1-20(29)26(3,4)18-22-10-7-12-24(16-22)28(31-14-9-15-32-28)25-13-8-11-23(17-25)19-27(5,6)21(2)30/h7-8,10-13,16-17,29-30H,1-2,9,14-15,18-19H2,3-6H3. The number of aliphatic hydroxyl groups is 2. The van der Waals surface area contributed by atoms with Crippen molar-refractivity contribution in [3.63, 3.8) is 0 Å². The summed E-state index contributed by atoms with van der Waals surface area (Å²) >= 11 is 4.02. The van der Waals surface area contributed by atoms with Crippen LogP contribution in [0, 0.1) is 10.8 Å². The van der Waals surface area contributed by atoms with Crippen LogP contribution in [-0.4, -0.2) is 21.7 Å². The zero-order chi connectivity index (χ0) is 23.6. The second kappa shape index (κ2) is 9.61. The largest absolute Gasteiger partial charge is 0.512 e. The summed E-state index contributed by atoms with van der Waals surface area (Å²) in [6, 6.07) is 17.7. The first-order valence-electron chi connectivity index (χ1n) is 11.2. The summed E-state index contributed by atoms with van der Waals surface area (Å²) in [5.74, 6) is 2.69. The molecule has 3 rings (SSSR count). The molecule has 1 heterocycles. The molecule has 172 valence electrons. The van der Waals surface area contributed by atoms with Gasteiger partial charge in [0.15, 0.2) is 0 Å². The van der Waals surface area contributed by atoms with Crippen LogP contribution in [0.2, 0.25) is 0 Å². The molecule has 2 aromatic rings. The first-order valence-corrected chi connectivity index (χ1v) is 13.2. The fraction of sp³-hybridized carbons (Fsp3) is 0.429. The van der Waals surface area contributed by atoms with Gasteiger partial charge in [-0.1, -0.05) is 89.4 Å². The second-order valence-corrected chi connectivity index (χ2v) is 13.0. The Morgan fingerprint density at radius 1 is 0.812 bits per heavy atom. The first kappa shape index (κ1) is 24.9. The predicted molar refractivity (Wildman–Crippen MR) is 142 cm³/mol. The maximum atomic E-state index is 10.0. The summed E-state index contributed by atoms with van der Waals surface area (Å²) in [6.07, 6.45) is 2.70. The maximum absolute atomic E-state index is 10.0. The molecule has 0 bridgehead atoms. The summed E-state index contributed by atoms with van der Waals surface area (Å²) in [6.45, 7) is 15.7. The minimum absolute atomic E-state index is 0.162. The number of allylic oxidation sites excluding steroid dienone is 2. The van der Waals surface area contributed by atoms with Gasteiger partial charge in [0, 0.05) is 10.8 Å². The SMILES string of the molecule is C=C(O)C(C)(C)Cc1cccc(C2(c3cccc(CC(C)(C)C(=C)O)c3)SCCCS2)c1. The first-order chi connectivity index (χ1) is 15.0. The Morgan fingerprint density at radius 2 is 1.22 bits per heavy atom. The molecule has 0 spiro atoms. The second-order valence-electron chi connectivity index (χ2n) is 10.1. The van der Waals surface area contributed by atoms with E-state index in [9.17, 15) is 10.2 Å². The van der Waals surface area contributed by atoms with E-state index in [1.165, 1.54) is 28.7 Å². The molecule has 2 nitrogen and oxygen atoms in total. The van der Waals surface area contributed by atoms with Crippen molar-refractivity contribution in [2.75, 3.05) is 11.5 Å². The number of rotatable bonds is 8. The van der Waals surface area contributed by atoms with E-state index >= 15 is 0 Å². The molecule has 0 aliphatic carbocycles. The fourth-order valence-electron chi connectivity index (χ4n) is 4.03. The van der Waals surface area contributed by atoms with E-state index in [-0.39, 0.29) is 26.4 Å². The minimum atomic E-state index is -0.364. The number of benzene rings is 2. The Labute approximate surface area is 202 Å².